The minimum Gasteiger partial charge on any atom is -0.488 e. The fourth-order valence-corrected chi connectivity index (χ4v) is 3.94. The van der Waals surface area contributed by atoms with Gasteiger partial charge in [-0.3, -0.25) is 9.58 Å². The first-order chi connectivity index (χ1) is 15.1. The number of aromatic nitrogens is 6. The Morgan fingerprint density at radius 2 is 2.06 bits per heavy atom. The Morgan fingerprint density at radius 3 is 2.81 bits per heavy atom. The number of hydrogen-bond acceptors (Lipinski definition) is 7. The second-order valence-electron chi connectivity index (χ2n) is 7.86. The number of nitrogens with one attached hydrogen (secondary N) is 1. The smallest absolute Gasteiger partial charge is 0.165 e. The number of fused-ring (bicyclic) bond motifs is 1. The third-order valence-corrected chi connectivity index (χ3v) is 5.80. The summed E-state index contributed by atoms with van der Waals surface area (Å²) in [5, 5.41) is 20.4. The fourth-order valence-electron chi connectivity index (χ4n) is 3.94. The quantitative estimate of drug-likeness (QED) is 0.494. The molecule has 9 heteroatoms. The molecule has 4 aromatic rings. The normalized spacial score (nSPS) is 16.4. The van der Waals surface area contributed by atoms with E-state index in [1.165, 1.54) is 6.42 Å². The van der Waals surface area contributed by atoms with Crippen LogP contribution in [0, 0.1) is 6.92 Å². The van der Waals surface area contributed by atoms with Crippen molar-refractivity contribution < 1.29 is 4.74 Å². The monoisotopic (exact) mass is 418 g/mol. The summed E-state index contributed by atoms with van der Waals surface area (Å²) in [5.74, 6) is 2.18. The van der Waals surface area contributed by atoms with Gasteiger partial charge in [0.25, 0.3) is 0 Å². The molecule has 9 nitrogen and oxygen atoms in total. The van der Waals surface area contributed by atoms with Crippen LogP contribution in [-0.4, -0.2) is 60.2 Å². The lowest BCUT2D eigenvalue weighted by molar-refractivity contribution is 0.0563. The summed E-state index contributed by atoms with van der Waals surface area (Å²) in [6.45, 7) is 7.01. The van der Waals surface area contributed by atoms with Gasteiger partial charge in [0.2, 0.25) is 0 Å². The topological polar surface area (TPSA) is 85.4 Å². The van der Waals surface area contributed by atoms with Crippen molar-refractivity contribution in [1.29, 1.82) is 0 Å². The van der Waals surface area contributed by atoms with Crippen LogP contribution in [0.5, 0.6) is 5.75 Å². The van der Waals surface area contributed by atoms with Crippen molar-refractivity contribution in [3.05, 3.63) is 48.4 Å². The second kappa shape index (κ2) is 7.99. The average Bonchev–Trinajstić information content (AvgIpc) is 3.31. The number of anilines is 2. The van der Waals surface area contributed by atoms with E-state index in [-0.39, 0.29) is 0 Å². The summed E-state index contributed by atoms with van der Waals surface area (Å²) in [6.07, 6.45) is 4.93. The largest absolute Gasteiger partial charge is 0.488 e. The first-order valence-electron chi connectivity index (χ1n) is 10.6. The summed E-state index contributed by atoms with van der Waals surface area (Å²) in [4.78, 5) is 2.43. The third kappa shape index (κ3) is 3.84. The fraction of sp³-hybridized carbons (Fsp3) is 0.364. The predicted molar refractivity (Wildman–Crippen MR) is 119 cm³/mol. The highest BCUT2D eigenvalue weighted by Crippen LogP contribution is 2.31. The number of hydrogen-bond donors (Lipinski definition) is 1. The van der Waals surface area contributed by atoms with Crippen LogP contribution in [0.2, 0.25) is 0 Å². The molecule has 0 spiro atoms. The maximum atomic E-state index is 6.18. The maximum Gasteiger partial charge on any atom is 0.165 e. The van der Waals surface area contributed by atoms with E-state index in [9.17, 15) is 0 Å². The molecule has 1 fully saturated rings. The molecule has 4 aromatic heterocycles. The van der Waals surface area contributed by atoms with Crippen molar-refractivity contribution in [3.8, 4) is 17.0 Å². The van der Waals surface area contributed by atoms with Crippen molar-refractivity contribution >= 4 is 17.2 Å². The molecule has 160 valence electrons. The minimum atomic E-state index is 0.494. The van der Waals surface area contributed by atoms with E-state index in [0.29, 0.717) is 24.3 Å². The van der Waals surface area contributed by atoms with Gasteiger partial charge in [-0.25, -0.2) is 4.52 Å². The molecule has 1 N–H and O–H groups in total. The number of likely N-dealkylation sites (tertiary alicyclic amines) is 1. The number of nitrogens with zero attached hydrogens (tertiary/aromatic N) is 7. The van der Waals surface area contributed by atoms with Gasteiger partial charge in [0.15, 0.2) is 17.4 Å². The molecule has 0 unspecified atom stereocenters. The van der Waals surface area contributed by atoms with Gasteiger partial charge >= 0.3 is 0 Å². The zero-order valence-electron chi connectivity index (χ0n) is 18.0. The minimum absolute atomic E-state index is 0.494. The van der Waals surface area contributed by atoms with Crippen LogP contribution in [0.4, 0.5) is 11.6 Å². The van der Waals surface area contributed by atoms with Gasteiger partial charge in [0, 0.05) is 37.5 Å². The summed E-state index contributed by atoms with van der Waals surface area (Å²) >= 11 is 0. The molecule has 1 aliphatic heterocycles. The number of likely N-dealkylation sites (N-methyl/N-ethyl adjacent to an activating group) is 1. The zero-order chi connectivity index (χ0) is 21.4. The molecule has 0 bridgehead atoms. The Kier molecular flexibility index (Phi) is 5.03. The molecule has 0 aromatic carbocycles. The highest BCUT2D eigenvalue weighted by molar-refractivity contribution is 5.72. The van der Waals surface area contributed by atoms with Gasteiger partial charge in [-0.1, -0.05) is 6.92 Å². The molecule has 1 saturated heterocycles. The summed E-state index contributed by atoms with van der Waals surface area (Å²) < 4.78 is 9.87. The Morgan fingerprint density at radius 1 is 1.16 bits per heavy atom. The first-order valence-corrected chi connectivity index (χ1v) is 10.6. The summed E-state index contributed by atoms with van der Waals surface area (Å²) in [5.41, 5.74) is 3.83. The number of aryl methyl sites for hydroxylation is 2. The Hall–Kier alpha value is -3.46. The number of pyridine rings is 1. The summed E-state index contributed by atoms with van der Waals surface area (Å²) in [6, 6.07) is 10.4. The Labute approximate surface area is 180 Å². The van der Waals surface area contributed by atoms with Gasteiger partial charge in [-0.05, 0) is 44.2 Å². The average molecular weight is 419 g/mol. The lowest BCUT2D eigenvalue weighted by atomic mass is 10.0. The van der Waals surface area contributed by atoms with E-state index < -0.39 is 0 Å². The van der Waals surface area contributed by atoms with Gasteiger partial charge in [-0.2, -0.15) is 15.3 Å². The van der Waals surface area contributed by atoms with Crippen molar-refractivity contribution in [2.24, 2.45) is 7.05 Å². The lowest BCUT2D eigenvalue weighted by Crippen LogP contribution is -2.50. The molecule has 0 amide bonds. The lowest BCUT2D eigenvalue weighted by Gasteiger charge is -2.39. The maximum absolute atomic E-state index is 6.18. The third-order valence-electron chi connectivity index (χ3n) is 5.80. The van der Waals surface area contributed by atoms with Gasteiger partial charge in [0.05, 0.1) is 17.4 Å². The zero-order valence-corrected chi connectivity index (χ0v) is 18.0. The van der Waals surface area contributed by atoms with Crippen molar-refractivity contribution in [3.63, 3.8) is 0 Å². The molecule has 0 radical (unpaired) electrons. The molecular weight excluding hydrogens is 392 g/mol. The molecule has 5 rings (SSSR count). The SMILES string of the molecule is CCN1CC[C@@H]1COc1cnn(C)c1-c1ccn2nc(Nc3ccc(C)nn3)cc2c1. The van der Waals surface area contributed by atoms with E-state index >= 15 is 0 Å². The Balaban J connectivity index is 1.38. The Bertz CT molecular complexity index is 1190. The molecule has 5 heterocycles. The highest BCUT2D eigenvalue weighted by Gasteiger charge is 2.27. The van der Waals surface area contributed by atoms with Crippen molar-refractivity contribution in [2.75, 3.05) is 25.0 Å². The van der Waals surface area contributed by atoms with Crippen LogP contribution in [0.1, 0.15) is 19.0 Å². The van der Waals surface area contributed by atoms with Crippen molar-refractivity contribution in [2.45, 2.75) is 26.3 Å². The standard InChI is InChI=1S/C22H26N8O/c1-4-29-9-8-17(29)14-31-19-13-23-28(3)22(19)16-7-10-30-18(11-16)12-21(27-30)24-20-6-5-15(2)25-26-20/h5-7,10-13,17H,4,8-9,14H2,1-3H3,(H,24,26,27)/t17-/m1/s1. The molecule has 1 aliphatic rings. The van der Waals surface area contributed by atoms with Crippen LogP contribution in [0.3, 0.4) is 0 Å². The van der Waals surface area contributed by atoms with Crippen LogP contribution in [0.15, 0.2) is 42.7 Å². The van der Waals surface area contributed by atoms with E-state index in [0.717, 1.165) is 41.3 Å². The van der Waals surface area contributed by atoms with Crippen LogP contribution in [-0.2, 0) is 7.05 Å². The first kappa shape index (κ1) is 19.5. The van der Waals surface area contributed by atoms with E-state index in [1.54, 1.807) is 6.20 Å². The molecule has 31 heavy (non-hydrogen) atoms. The molecule has 1 atom stereocenters. The van der Waals surface area contributed by atoms with Crippen LogP contribution in [0.25, 0.3) is 16.8 Å². The van der Waals surface area contributed by atoms with Gasteiger partial charge in [0.1, 0.15) is 12.3 Å². The summed E-state index contributed by atoms with van der Waals surface area (Å²) in [7, 11) is 1.94. The van der Waals surface area contributed by atoms with Crippen LogP contribution < -0.4 is 10.1 Å². The molecular formula is C22H26N8O. The van der Waals surface area contributed by atoms with Crippen molar-refractivity contribution in [1.82, 2.24) is 34.5 Å². The van der Waals surface area contributed by atoms with Crippen LogP contribution >= 0.6 is 0 Å². The number of ether oxygens (including phenoxy) is 1. The predicted octanol–water partition coefficient (Wildman–Crippen LogP) is 3.05. The van der Waals surface area contributed by atoms with E-state index in [1.807, 2.05) is 53.6 Å². The van der Waals surface area contributed by atoms with E-state index in [4.69, 9.17) is 4.74 Å². The highest BCUT2D eigenvalue weighted by atomic mass is 16.5. The van der Waals surface area contributed by atoms with Gasteiger partial charge < -0.3 is 10.1 Å². The second-order valence-corrected chi connectivity index (χ2v) is 7.86. The van der Waals surface area contributed by atoms with E-state index in [2.05, 4.69) is 43.6 Å². The van der Waals surface area contributed by atoms with Gasteiger partial charge in [-0.15, -0.1) is 5.10 Å². The molecule has 0 aliphatic carbocycles. The molecule has 0 saturated carbocycles. The number of rotatable bonds is 7.